The topological polar surface area (TPSA) is 12.9 Å². The molecule has 0 saturated heterocycles. The number of aromatic nitrogens is 1. The van der Waals surface area contributed by atoms with Crippen molar-refractivity contribution in [2.75, 3.05) is 0 Å². The Kier molecular flexibility index (Phi) is 2.57. The fourth-order valence-electron chi connectivity index (χ4n) is 0.696. The largest absolute Gasteiger partial charge is 0.396 e. The van der Waals surface area contributed by atoms with E-state index >= 15 is 0 Å². The van der Waals surface area contributed by atoms with E-state index in [2.05, 4.69) is 4.98 Å². The highest BCUT2D eigenvalue weighted by Gasteiger charge is 2.28. The fraction of sp³-hybridized carbons (Fsp3) is 0.143. The lowest BCUT2D eigenvalue weighted by atomic mass is 10.2. The summed E-state index contributed by atoms with van der Waals surface area (Å²) in [6, 6.07) is 1.20. The van der Waals surface area contributed by atoms with Crippen molar-refractivity contribution in [3.8, 4) is 0 Å². The molecule has 0 aliphatic rings. The maximum atomic E-state index is 11.7. The zero-order chi connectivity index (χ0) is 9.19. The third kappa shape index (κ3) is 3.09. The summed E-state index contributed by atoms with van der Waals surface area (Å²) in [7, 11) is 0. The van der Waals surface area contributed by atoms with Gasteiger partial charge in [-0.2, -0.15) is 13.2 Å². The Balaban J connectivity index is 2.77. The molecule has 0 fully saturated rings. The molecule has 1 aromatic rings. The van der Waals surface area contributed by atoms with Crippen LogP contribution in [0.5, 0.6) is 0 Å². The third-order valence-corrected chi connectivity index (χ3v) is 1.26. The Bertz CT molecular complexity index is 272. The Hall–Kier alpha value is -0.770. The van der Waals surface area contributed by atoms with Gasteiger partial charge in [0.25, 0.3) is 0 Å². The smallest absolute Gasteiger partial charge is 0.263 e. The summed E-state index contributed by atoms with van der Waals surface area (Å²) in [5.41, 5.74) is -0.0463. The Morgan fingerprint density at radius 1 is 1.33 bits per heavy atom. The quantitative estimate of drug-likeness (QED) is 0.670. The van der Waals surface area contributed by atoms with Gasteiger partial charge in [0.15, 0.2) is 0 Å². The Morgan fingerprint density at radius 3 is 2.50 bits per heavy atom. The van der Waals surface area contributed by atoms with Crippen LogP contribution in [0.25, 0.3) is 0 Å². The lowest BCUT2D eigenvalue weighted by Crippen LogP contribution is -2.08. The third-order valence-electron chi connectivity index (χ3n) is 1.06. The van der Waals surface area contributed by atoms with Gasteiger partial charge in [-0.25, -0.2) is 0 Å². The predicted molar refractivity (Wildman–Crippen MR) is 38.7 cm³/mol. The van der Waals surface area contributed by atoms with Crippen LogP contribution in [0.3, 0.4) is 0 Å². The van der Waals surface area contributed by atoms with Gasteiger partial charge < -0.3 is 0 Å². The second-order valence-corrected chi connectivity index (χ2v) is 2.56. The lowest BCUT2D eigenvalue weighted by molar-refractivity contribution is -0.0928. The SMILES string of the molecule is FC(F)(F)[CH]c1cncc(Cl)c1. The van der Waals surface area contributed by atoms with Crippen LogP contribution in [0.1, 0.15) is 5.56 Å². The van der Waals surface area contributed by atoms with E-state index in [1.54, 1.807) is 0 Å². The van der Waals surface area contributed by atoms with Crippen LogP contribution < -0.4 is 0 Å². The van der Waals surface area contributed by atoms with Gasteiger partial charge in [0.2, 0.25) is 0 Å². The van der Waals surface area contributed by atoms with E-state index in [-0.39, 0.29) is 17.0 Å². The number of nitrogens with zero attached hydrogens (tertiary/aromatic N) is 1. The van der Waals surface area contributed by atoms with E-state index in [4.69, 9.17) is 11.6 Å². The molecule has 0 amide bonds. The standard InChI is InChI=1S/C7H4ClF3N/c8-6-1-5(3-12-4-6)2-7(9,10)11/h1-4H. The van der Waals surface area contributed by atoms with Crippen LogP contribution in [0, 0.1) is 6.42 Å². The number of alkyl halides is 3. The minimum absolute atomic E-state index is 0.0463. The molecule has 0 aliphatic heterocycles. The van der Waals surface area contributed by atoms with Crippen LogP contribution in [-0.4, -0.2) is 11.2 Å². The second-order valence-electron chi connectivity index (χ2n) is 2.12. The van der Waals surface area contributed by atoms with E-state index in [9.17, 15) is 13.2 Å². The molecule has 0 unspecified atom stereocenters. The van der Waals surface area contributed by atoms with Gasteiger partial charge in [0.1, 0.15) is 0 Å². The zero-order valence-electron chi connectivity index (χ0n) is 5.77. The highest BCUT2D eigenvalue weighted by Crippen LogP contribution is 2.23. The highest BCUT2D eigenvalue weighted by molar-refractivity contribution is 6.30. The zero-order valence-corrected chi connectivity index (χ0v) is 6.52. The first-order chi connectivity index (χ1) is 5.47. The van der Waals surface area contributed by atoms with E-state index in [1.807, 2.05) is 0 Å². The number of rotatable bonds is 1. The van der Waals surface area contributed by atoms with E-state index in [0.717, 1.165) is 6.20 Å². The summed E-state index contributed by atoms with van der Waals surface area (Å²) < 4.78 is 35.2. The number of hydrogen-bond acceptors (Lipinski definition) is 1. The van der Waals surface area contributed by atoms with Gasteiger partial charge in [-0.3, -0.25) is 4.98 Å². The second kappa shape index (κ2) is 3.31. The molecule has 0 N–H and O–H groups in total. The molecule has 12 heavy (non-hydrogen) atoms. The van der Waals surface area contributed by atoms with Crippen LogP contribution in [0.15, 0.2) is 18.5 Å². The average molecular weight is 195 g/mol. The average Bonchev–Trinajstić information content (AvgIpc) is 1.82. The number of pyridine rings is 1. The summed E-state index contributed by atoms with van der Waals surface area (Å²) in [6.45, 7) is 0. The van der Waals surface area contributed by atoms with Gasteiger partial charge in [-0.15, -0.1) is 0 Å². The minimum Gasteiger partial charge on any atom is -0.263 e. The monoisotopic (exact) mass is 194 g/mol. The van der Waals surface area contributed by atoms with Crippen molar-refractivity contribution in [3.05, 3.63) is 35.5 Å². The van der Waals surface area contributed by atoms with Gasteiger partial charge in [-0.05, 0) is 11.6 Å². The normalized spacial score (nSPS) is 11.7. The molecule has 0 saturated carbocycles. The van der Waals surface area contributed by atoms with Crippen LogP contribution >= 0.6 is 11.6 Å². The molecule has 65 valence electrons. The molecule has 1 aromatic heterocycles. The van der Waals surface area contributed by atoms with Gasteiger partial charge in [0.05, 0.1) is 11.4 Å². The number of hydrogen-bond donors (Lipinski definition) is 0. The van der Waals surface area contributed by atoms with Crippen molar-refractivity contribution in [1.29, 1.82) is 0 Å². The molecule has 0 atom stereocenters. The fourth-order valence-corrected chi connectivity index (χ4v) is 0.879. The maximum Gasteiger partial charge on any atom is 0.396 e. The summed E-state index contributed by atoms with van der Waals surface area (Å²) in [6.07, 6.45) is -1.81. The molecule has 1 nitrogen and oxygen atoms in total. The van der Waals surface area contributed by atoms with Crippen molar-refractivity contribution >= 4 is 11.6 Å². The first kappa shape index (κ1) is 9.32. The Labute approximate surface area is 72.2 Å². The molecule has 1 rings (SSSR count). The summed E-state index contributed by atoms with van der Waals surface area (Å²) in [5, 5.41) is 0.188. The van der Waals surface area contributed by atoms with Crippen molar-refractivity contribution in [1.82, 2.24) is 4.98 Å². The van der Waals surface area contributed by atoms with Crippen LogP contribution in [0.4, 0.5) is 13.2 Å². The first-order valence-electron chi connectivity index (χ1n) is 3.00. The molecule has 5 heteroatoms. The predicted octanol–water partition coefficient (Wildman–Crippen LogP) is 2.85. The van der Waals surface area contributed by atoms with Crippen LogP contribution in [0.2, 0.25) is 5.02 Å². The maximum absolute atomic E-state index is 11.7. The molecular weight excluding hydrogens is 191 g/mol. The lowest BCUT2D eigenvalue weighted by Gasteiger charge is -2.04. The molecule has 0 bridgehead atoms. The van der Waals surface area contributed by atoms with E-state index in [1.165, 1.54) is 12.3 Å². The van der Waals surface area contributed by atoms with Gasteiger partial charge >= 0.3 is 6.18 Å². The minimum atomic E-state index is -4.33. The summed E-state index contributed by atoms with van der Waals surface area (Å²) >= 11 is 5.42. The van der Waals surface area contributed by atoms with Crippen LogP contribution in [-0.2, 0) is 0 Å². The van der Waals surface area contributed by atoms with Gasteiger partial charge in [0, 0.05) is 12.4 Å². The van der Waals surface area contributed by atoms with Gasteiger partial charge in [-0.1, -0.05) is 11.6 Å². The summed E-state index contributed by atoms with van der Waals surface area (Å²) in [5.74, 6) is 0. The van der Waals surface area contributed by atoms with Crippen molar-refractivity contribution in [2.45, 2.75) is 6.18 Å². The molecule has 0 aliphatic carbocycles. The van der Waals surface area contributed by atoms with Crippen molar-refractivity contribution in [3.63, 3.8) is 0 Å². The molecule has 1 heterocycles. The highest BCUT2D eigenvalue weighted by atomic mass is 35.5. The van der Waals surface area contributed by atoms with E-state index in [0.29, 0.717) is 0 Å². The molecule has 1 radical (unpaired) electrons. The molecule has 0 aromatic carbocycles. The number of halogens is 4. The van der Waals surface area contributed by atoms with E-state index < -0.39 is 6.18 Å². The molecular formula is C7H4ClF3N. The first-order valence-corrected chi connectivity index (χ1v) is 3.38. The van der Waals surface area contributed by atoms with Crippen molar-refractivity contribution < 1.29 is 13.2 Å². The summed E-state index contributed by atoms with van der Waals surface area (Å²) in [4.78, 5) is 3.51. The van der Waals surface area contributed by atoms with Crippen molar-refractivity contribution in [2.24, 2.45) is 0 Å². The Morgan fingerprint density at radius 2 is 2.00 bits per heavy atom. The molecule has 0 spiro atoms.